The first-order valence-corrected chi connectivity index (χ1v) is 10.2. The van der Waals surface area contributed by atoms with Crippen molar-refractivity contribution in [1.82, 2.24) is 29.5 Å². The molecule has 9 nitrogen and oxygen atoms in total. The Morgan fingerprint density at radius 3 is 2.66 bits per heavy atom. The molecule has 0 spiro atoms. The zero-order valence-corrected chi connectivity index (χ0v) is 17.5. The van der Waals surface area contributed by atoms with Crippen LogP contribution >= 0.6 is 0 Å². The third-order valence-electron chi connectivity index (χ3n) is 5.13. The number of hydrogen-bond donors (Lipinski definition) is 2. The van der Waals surface area contributed by atoms with Gasteiger partial charge in [0.2, 0.25) is 5.95 Å². The number of benzene rings is 1. The number of aryl methyl sites for hydroxylation is 1. The highest BCUT2D eigenvalue weighted by atomic mass is 16.3. The summed E-state index contributed by atoms with van der Waals surface area (Å²) in [5.41, 5.74) is 3.42. The van der Waals surface area contributed by atoms with Crippen molar-refractivity contribution in [3.8, 4) is 5.69 Å². The Morgan fingerprint density at radius 1 is 1.12 bits per heavy atom. The number of nitrogens with zero attached hydrogens (tertiary/aromatic N) is 7. The minimum Gasteiger partial charge on any atom is -0.372 e. The van der Waals surface area contributed by atoms with Gasteiger partial charge in [0, 0.05) is 36.5 Å². The number of rotatable bonds is 6. The summed E-state index contributed by atoms with van der Waals surface area (Å²) in [4.78, 5) is 17.8. The van der Waals surface area contributed by atoms with E-state index >= 15 is 0 Å². The Kier molecular flexibility index (Phi) is 5.10. The van der Waals surface area contributed by atoms with Crippen LogP contribution in [-0.4, -0.2) is 41.2 Å². The number of imidazole rings is 1. The van der Waals surface area contributed by atoms with Gasteiger partial charge < -0.3 is 15.0 Å². The highest BCUT2D eigenvalue weighted by Gasteiger charge is 2.38. The van der Waals surface area contributed by atoms with E-state index in [1.165, 1.54) is 0 Å². The van der Waals surface area contributed by atoms with Gasteiger partial charge in [-0.3, -0.25) is 0 Å². The number of aromatic nitrogens is 5. The Labute approximate surface area is 185 Å². The van der Waals surface area contributed by atoms with Crippen LogP contribution in [0.25, 0.3) is 5.69 Å². The topological polar surface area (TPSA) is 95.2 Å². The van der Waals surface area contributed by atoms with E-state index in [-0.39, 0.29) is 0 Å². The summed E-state index contributed by atoms with van der Waals surface area (Å²) in [5, 5.41) is 17.6. The molecule has 4 heterocycles. The molecule has 0 saturated carbocycles. The zero-order valence-electron chi connectivity index (χ0n) is 17.5. The molecule has 1 unspecified atom stereocenters. The van der Waals surface area contributed by atoms with Gasteiger partial charge in [-0.1, -0.05) is 12.1 Å². The van der Waals surface area contributed by atoms with Crippen LogP contribution in [0.3, 0.4) is 0 Å². The fourth-order valence-corrected chi connectivity index (χ4v) is 3.63. The predicted octanol–water partition coefficient (Wildman–Crippen LogP) is 3.65. The minimum atomic E-state index is -0.892. The van der Waals surface area contributed by atoms with E-state index in [9.17, 15) is 5.11 Å². The van der Waals surface area contributed by atoms with Gasteiger partial charge in [-0.2, -0.15) is 9.99 Å². The third kappa shape index (κ3) is 3.59. The summed E-state index contributed by atoms with van der Waals surface area (Å²) in [6, 6.07) is 13.5. The van der Waals surface area contributed by atoms with E-state index in [1.54, 1.807) is 34.8 Å². The Hall–Kier alpha value is -4.08. The first kappa shape index (κ1) is 19.9. The fraction of sp³-hybridized carbons (Fsp3) is 0.130. The molecular formula is C23H22N8O. The number of anilines is 4. The molecule has 0 saturated heterocycles. The molecule has 0 amide bonds. The summed E-state index contributed by atoms with van der Waals surface area (Å²) in [7, 11) is 0. The molecule has 4 aromatic rings. The molecule has 1 aliphatic rings. The van der Waals surface area contributed by atoms with Crippen LogP contribution in [0.5, 0.6) is 0 Å². The second-order valence-electron chi connectivity index (χ2n) is 7.35. The fourth-order valence-electron chi connectivity index (χ4n) is 3.63. The molecule has 9 heteroatoms. The molecule has 1 aliphatic heterocycles. The van der Waals surface area contributed by atoms with E-state index in [1.807, 2.05) is 60.2 Å². The molecule has 0 radical (unpaired) electrons. The van der Waals surface area contributed by atoms with Crippen LogP contribution < -0.4 is 10.3 Å². The molecule has 0 aliphatic carbocycles. The van der Waals surface area contributed by atoms with Crippen LogP contribution in [-0.2, 0) is 0 Å². The standard InChI is InChI=1S/C23H22N8O/c1-3-12-30-22(32)19-13-25-23(28-21(19)31(30)20-6-4-5-11-24-20)27-17-7-9-18(10-8-17)29-14-16(2)26-15-29/h3-11,13-15,22,32H,1,12H2,2H3,(H,25,27,28). The van der Waals surface area contributed by atoms with Gasteiger partial charge in [0.05, 0.1) is 17.6 Å². The van der Waals surface area contributed by atoms with Crippen LogP contribution in [0.1, 0.15) is 17.5 Å². The summed E-state index contributed by atoms with van der Waals surface area (Å²) < 4.78 is 1.96. The summed E-state index contributed by atoms with van der Waals surface area (Å²) in [6.07, 6.45) is 7.93. The van der Waals surface area contributed by atoms with Crippen LogP contribution in [0.2, 0.25) is 0 Å². The molecule has 2 N–H and O–H groups in total. The minimum absolute atomic E-state index is 0.420. The lowest BCUT2D eigenvalue weighted by Gasteiger charge is -2.29. The Morgan fingerprint density at radius 2 is 1.97 bits per heavy atom. The smallest absolute Gasteiger partial charge is 0.229 e. The molecule has 32 heavy (non-hydrogen) atoms. The number of pyridine rings is 1. The highest BCUT2D eigenvalue weighted by molar-refractivity contribution is 5.65. The van der Waals surface area contributed by atoms with Gasteiger partial charge in [-0.15, -0.1) is 6.58 Å². The van der Waals surface area contributed by atoms with Crippen molar-refractivity contribution in [1.29, 1.82) is 0 Å². The van der Waals surface area contributed by atoms with Crippen molar-refractivity contribution < 1.29 is 5.11 Å². The summed E-state index contributed by atoms with van der Waals surface area (Å²) in [6.45, 7) is 6.18. The monoisotopic (exact) mass is 426 g/mol. The van der Waals surface area contributed by atoms with Gasteiger partial charge in [-0.25, -0.2) is 20.0 Å². The normalized spacial score (nSPS) is 15.6. The van der Waals surface area contributed by atoms with E-state index < -0.39 is 6.23 Å². The van der Waals surface area contributed by atoms with Crippen molar-refractivity contribution in [2.45, 2.75) is 13.2 Å². The summed E-state index contributed by atoms with van der Waals surface area (Å²) >= 11 is 0. The number of fused-ring (bicyclic) bond motifs is 1. The largest absolute Gasteiger partial charge is 0.372 e. The zero-order chi connectivity index (χ0) is 22.1. The molecule has 1 atom stereocenters. The van der Waals surface area contributed by atoms with Crippen molar-refractivity contribution in [3.63, 3.8) is 0 Å². The van der Waals surface area contributed by atoms with Crippen molar-refractivity contribution in [2.24, 2.45) is 0 Å². The van der Waals surface area contributed by atoms with Crippen molar-refractivity contribution in [3.05, 3.63) is 91.3 Å². The van der Waals surface area contributed by atoms with Crippen molar-refractivity contribution >= 4 is 23.3 Å². The molecule has 5 rings (SSSR count). The van der Waals surface area contributed by atoms with Gasteiger partial charge >= 0.3 is 0 Å². The molecular weight excluding hydrogens is 404 g/mol. The van der Waals surface area contributed by atoms with Gasteiger partial charge in [0.25, 0.3) is 0 Å². The first-order valence-electron chi connectivity index (χ1n) is 10.2. The SMILES string of the molecule is C=CCN1C(O)c2cnc(Nc3ccc(-n4cnc(C)c4)cc3)nc2N1c1ccccn1. The lowest BCUT2D eigenvalue weighted by Crippen LogP contribution is -2.37. The lowest BCUT2D eigenvalue weighted by atomic mass is 10.2. The van der Waals surface area contributed by atoms with Gasteiger partial charge in [-0.05, 0) is 43.3 Å². The maximum Gasteiger partial charge on any atom is 0.229 e. The van der Waals surface area contributed by atoms with Crippen molar-refractivity contribution in [2.75, 3.05) is 16.9 Å². The van der Waals surface area contributed by atoms with Gasteiger partial charge in [0.1, 0.15) is 5.82 Å². The first-order chi connectivity index (χ1) is 15.6. The quantitative estimate of drug-likeness (QED) is 0.451. The maximum absolute atomic E-state index is 10.8. The van der Waals surface area contributed by atoms with Gasteiger partial charge in [0.15, 0.2) is 12.0 Å². The predicted molar refractivity (Wildman–Crippen MR) is 122 cm³/mol. The number of aliphatic hydroxyl groups excluding tert-OH is 1. The molecule has 3 aromatic heterocycles. The highest BCUT2D eigenvalue weighted by Crippen LogP contribution is 2.41. The van der Waals surface area contributed by atoms with Crippen LogP contribution in [0.15, 0.2) is 80.0 Å². The third-order valence-corrected chi connectivity index (χ3v) is 5.13. The van der Waals surface area contributed by atoms with Crippen LogP contribution in [0, 0.1) is 6.92 Å². The van der Waals surface area contributed by atoms with E-state index in [0.717, 1.165) is 17.1 Å². The summed E-state index contributed by atoms with van der Waals surface area (Å²) in [5.74, 6) is 1.64. The Balaban J connectivity index is 1.44. The molecule has 0 fully saturated rings. The average molecular weight is 426 g/mol. The number of hydrogen-bond acceptors (Lipinski definition) is 8. The molecule has 1 aromatic carbocycles. The number of aliphatic hydroxyl groups is 1. The number of hydrazine groups is 1. The molecule has 160 valence electrons. The lowest BCUT2D eigenvalue weighted by molar-refractivity contribution is 0.0246. The number of nitrogens with one attached hydrogen (secondary N) is 1. The second kappa shape index (κ2) is 8.22. The van der Waals surface area contributed by atoms with E-state index in [4.69, 9.17) is 0 Å². The average Bonchev–Trinajstić information content (AvgIpc) is 3.36. The second-order valence-corrected chi connectivity index (χ2v) is 7.35. The molecule has 0 bridgehead atoms. The van der Waals surface area contributed by atoms with E-state index in [0.29, 0.717) is 29.7 Å². The van der Waals surface area contributed by atoms with E-state index in [2.05, 4.69) is 31.8 Å². The van der Waals surface area contributed by atoms with Crippen LogP contribution in [0.4, 0.5) is 23.3 Å². The maximum atomic E-state index is 10.8. The Bertz CT molecular complexity index is 1240.